The summed E-state index contributed by atoms with van der Waals surface area (Å²) in [6.07, 6.45) is 1.32. The van der Waals surface area contributed by atoms with Crippen LogP contribution < -0.4 is 0 Å². The fourth-order valence-corrected chi connectivity index (χ4v) is 5.03. The van der Waals surface area contributed by atoms with Gasteiger partial charge >= 0.3 is 6.09 Å². The molecule has 2 heterocycles. The number of rotatable bonds is 8. The third kappa shape index (κ3) is 6.93. The third-order valence-corrected chi connectivity index (χ3v) is 8.00. The Bertz CT molecular complexity index is 980. The number of nitrogens with zero attached hydrogens (tertiary/aromatic N) is 3. The molecule has 1 aromatic carbocycles. The molecule has 9 heteroatoms. The molecule has 1 aromatic heterocycles. The zero-order valence-electron chi connectivity index (χ0n) is 21.2. The van der Waals surface area contributed by atoms with Crippen LogP contribution in [-0.4, -0.2) is 52.5 Å². The quantitative estimate of drug-likeness (QED) is 0.312. The van der Waals surface area contributed by atoms with Crippen LogP contribution in [0.3, 0.4) is 0 Å². The summed E-state index contributed by atoms with van der Waals surface area (Å²) in [5.41, 5.74) is 1.76. The predicted molar refractivity (Wildman–Crippen MR) is 140 cm³/mol. The first-order chi connectivity index (χ1) is 15.9. The second kappa shape index (κ2) is 10.9. The minimum Gasteiger partial charge on any atom is -0.444 e. The van der Waals surface area contributed by atoms with E-state index in [1.54, 1.807) is 4.90 Å². The van der Waals surface area contributed by atoms with Crippen LogP contribution in [0, 0.1) is 0 Å². The molecule has 7 nitrogen and oxygen atoms in total. The number of ether oxygens (including phenoxy) is 2. The molecule has 188 valence electrons. The van der Waals surface area contributed by atoms with E-state index in [4.69, 9.17) is 14.5 Å². The van der Waals surface area contributed by atoms with Crippen molar-refractivity contribution in [2.24, 2.45) is 0 Å². The maximum Gasteiger partial charge on any atom is 0.410 e. The average molecular weight is 553 g/mol. The van der Waals surface area contributed by atoms with Crippen molar-refractivity contribution in [3.05, 3.63) is 40.3 Å². The molecule has 1 atom stereocenters. The number of aromatic nitrogens is 2. The first kappa shape index (κ1) is 26.9. The highest BCUT2D eigenvalue weighted by Crippen LogP contribution is 2.36. The lowest BCUT2D eigenvalue weighted by molar-refractivity contribution is 0.0202. The molecule has 1 fully saturated rings. The number of aliphatic hydroxyl groups is 1. The summed E-state index contributed by atoms with van der Waals surface area (Å²) in [4.78, 5) is 19.7. The molecule has 1 amide bonds. The molecular weight excluding hydrogens is 514 g/mol. The Morgan fingerprint density at radius 1 is 1.24 bits per heavy atom. The second-order valence-electron chi connectivity index (χ2n) is 11.0. The van der Waals surface area contributed by atoms with Crippen molar-refractivity contribution in [3.63, 3.8) is 0 Å². The third-order valence-electron chi connectivity index (χ3n) is 5.77. The molecule has 1 unspecified atom stereocenters. The lowest BCUT2D eigenvalue weighted by Crippen LogP contribution is -2.37. The number of amides is 1. The first-order valence-electron chi connectivity index (χ1n) is 11.9. The molecule has 0 spiro atoms. The summed E-state index contributed by atoms with van der Waals surface area (Å²) in [6, 6.07) is 8.70. The van der Waals surface area contributed by atoms with Gasteiger partial charge in [0.2, 0.25) is 0 Å². The minimum absolute atomic E-state index is 0.172. The van der Waals surface area contributed by atoms with Crippen LogP contribution in [0.5, 0.6) is 0 Å². The number of carbonyl (C=O) groups is 1. The van der Waals surface area contributed by atoms with E-state index in [9.17, 15) is 9.90 Å². The van der Waals surface area contributed by atoms with Crippen LogP contribution >= 0.6 is 15.9 Å². The first-order valence-corrected chi connectivity index (χ1v) is 16.4. The van der Waals surface area contributed by atoms with Crippen LogP contribution in [0.15, 0.2) is 28.7 Å². The van der Waals surface area contributed by atoms with E-state index in [-0.39, 0.29) is 25.5 Å². The Labute approximate surface area is 212 Å². The van der Waals surface area contributed by atoms with Crippen molar-refractivity contribution in [1.82, 2.24) is 14.5 Å². The van der Waals surface area contributed by atoms with Crippen LogP contribution in [0.25, 0.3) is 11.3 Å². The van der Waals surface area contributed by atoms with E-state index in [0.717, 1.165) is 40.4 Å². The van der Waals surface area contributed by atoms with Crippen molar-refractivity contribution in [2.45, 2.75) is 84.3 Å². The molecule has 0 aliphatic carbocycles. The zero-order valence-corrected chi connectivity index (χ0v) is 23.8. The fourth-order valence-electron chi connectivity index (χ4n) is 4.01. The van der Waals surface area contributed by atoms with Crippen molar-refractivity contribution in [2.75, 3.05) is 13.2 Å². The van der Waals surface area contributed by atoms with Gasteiger partial charge in [0, 0.05) is 31.3 Å². The van der Waals surface area contributed by atoms with Gasteiger partial charge in [-0.25, -0.2) is 9.78 Å². The van der Waals surface area contributed by atoms with Gasteiger partial charge in [-0.15, -0.1) is 0 Å². The van der Waals surface area contributed by atoms with Crippen LogP contribution in [0.2, 0.25) is 25.7 Å². The highest BCUT2D eigenvalue weighted by molar-refractivity contribution is 9.10. The highest BCUT2D eigenvalue weighted by atomic mass is 79.9. The molecule has 1 aliphatic heterocycles. The summed E-state index contributed by atoms with van der Waals surface area (Å²) in [5.74, 6) is 0.735. The molecular formula is C25H38BrN3O4Si. The lowest BCUT2D eigenvalue weighted by Gasteiger charge is -2.28. The number of halogens is 1. The van der Waals surface area contributed by atoms with Gasteiger partial charge in [0.1, 0.15) is 18.2 Å². The zero-order chi connectivity index (χ0) is 25.1. The lowest BCUT2D eigenvalue weighted by atomic mass is 10.1. The fraction of sp³-hybridized carbons (Fsp3) is 0.600. The highest BCUT2D eigenvalue weighted by Gasteiger charge is 2.37. The standard InChI is InChI=1S/C25H38BrN3O4Si/c1-25(2,3)33-24(31)28-13-7-8-20(28)23-27-22(18-9-11-19(26)12-10-18)21(16-30)29(23)17-32-14-15-34(4,5)6/h9-12,20,30H,7-8,13-17H2,1-6H3. The SMILES string of the molecule is CC(C)(C)OC(=O)N1CCCC1c1nc(-c2ccc(Br)cc2)c(CO)n1COCC[Si](C)(C)C. The van der Waals surface area contributed by atoms with Gasteiger partial charge in [-0.05, 0) is 51.8 Å². The van der Waals surface area contributed by atoms with Gasteiger partial charge in [0.05, 0.1) is 24.0 Å². The van der Waals surface area contributed by atoms with Gasteiger partial charge in [-0.2, -0.15) is 0 Å². The molecule has 1 saturated heterocycles. The Hall–Kier alpha value is -1.68. The molecule has 34 heavy (non-hydrogen) atoms. The Morgan fingerprint density at radius 2 is 1.91 bits per heavy atom. The summed E-state index contributed by atoms with van der Waals surface area (Å²) >= 11 is 3.48. The molecule has 1 aliphatic rings. The molecule has 0 saturated carbocycles. The number of benzene rings is 1. The Kier molecular flexibility index (Phi) is 8.65. The summed E-state index contributed by atoms with van der Waals surface area (Å²) < 4.78 is 14.7. The van der Waals surface area contributed by atoms with Gasteiger partial charge in [-0.3, -0.25) is 4.90 Å². The van der Waals surface area contributed by atoms with E-state index in [2.05, 4.69) is 35.6 Å². The average Bonchev–Trinajstić information content (AvgIpc) is 3.34. The monoisotopic (exact) mass is 551 g/mol. The van der Waals surface area contributed by atoms with Crippen molar-refractivity contribution >= 4 is 30.1 Å². The van der Waals surface area contributed by atoms with E-state index in [1.165, 1.54) is 0 Å². The van der Waals surface area contributed by atoms with Crippen molar-refractivity contribution < 1.29 is 19.4 Å². The molecule has 0 bridgehead atoms. The second-order valence-corrected chi connectivity index (χ2v) is 17.6. The molecule has 3 rings (SSSR count). The smallest absolute Gasteiger partial charge is 0.410 e. The Morgan fingerprint density at radius 3 is 2.50 bits per heavy atom. The van der Waals surface area contributed by atoms with Crippen LogP contribution in [0.4, 0.5) is 4.79 Å². The largest absolute Gasteiger partial charge is 0.444 e. The summed E-state index contributed by atoms with van der Waals surface area (Å²) in [7, 11) is -1.23. The topological polar surface area (TPSA) is 76.8 Å². The maximum atomic E-state index is 13.0. The van der Waals surface area contributed by atoms with Gasteiger partial charge in [0.25, 0.3) is 0 Å². The van der Waals surface area contributed by atoms with E-state index in [0.29, 0.717) is 18.8 Å². The molecule has 1 N–H and O–H groups in total. The maximum absolute atomic E-state index is 13.0. The van der Waals surface area contributed by atoms with E-state index < -0.39 is 13.7 Å². The molecule has 2 aromatic rings. The number of likely N-dealkylation sites (tertiary alicyclic amines) is 1. The van der Waals surface area contributed by atoms with Gasteiger partial charge < -0.3 is 19.1 Å². The number of aliphatic hydroxyl groups excluding tert-OH is 1. The van der Waals surface area contributed by atoms with Crippen LogP contribution in [-0.2, 0) is 22.8 Å². The van der Waals surface area contributed by atoms with Crippen molar-refractivity contribution in [3.8, 4) is 11.3 Å². The summed E-state index contributed by atoms with van der Waals surface area (Å²) in [5, 5.41) is 10.4. The Balaban J connectivity index is 1.98. The number of hydrogen-bond acceptors (Lipinski definition) is 5. The number of carbonyl (C=O) groups excluding carboxylic acids is 1. The van der Waals surface area contributed by atoms with Gasteiger partial charge in [-0.1, -0.05) is 47.7 Å². The van der Waals surface area contributed by atoms with E-state index >= 15 is 0 Å². The van der Waals surface area contributed by atoms with Crippen molar-refractivity contribution in [1.29, 1.82) is 0 Å². The number of imidazole rings is 1. The van der Waals surface area contributed by atoms with Gasteiger partial charge in [0.15, 0.2) is 0 Å². The number of hydrogen-bond donors (Lipinski definition) is 1. The normalized spacial score (nSPS) is 16.8. The minimum atomic E-state index is -1.23. The predicted octanol–water partition coefficient (Wildman–Crippen LogP) is 6.19. The summed E-state index contributed by atoms with van der Waals surface area (Å²) in [6.45, 7) is 14.0. The van der Waals surface area contributed by atoms with E-state index in [1.807, 2.05) is 49.6 Å². The molecule has 0 radical (unpaired) electrons. The van der Waals surface area contributed by atoms with Crippen LogP contribution in [0.1, 0.15) is 51.2 Å².